The van der Waals surface area contributed by atoms with E-state index in [1.807, 2.05) is 5.57 Å². The average molecular weight is 399 g/mol. The Morgan fingerprint density at radius 1 is 0.931 bits per heavy atom. The van der Waals surface area contributed by atoms with Gasteiger partial charge < -0.3 is 5.11 Å². The van der Waals surface area contributed by atoms with Crippen molar-refractivity contribution in [3.63, 3.8) is 0 Å². The lowest BCUT2D eigenvalue weighted by Gasteiger charge is -2.57. The van der Waals surface area contributed by atoms with Gasteiger partial charge in [-0.25, -0.2) is 0 Å². The fourth-order valence-electron chi connectivity index (χ4n) is 8.10. The van der Waals surface area contributed by atoms with Crippen LogP contribution in [0.4, 0.5) is 0 Å². The van der Waals surface area contributed by atoms with E-state index in [0.717, 1.165) is 36.5 Å². The molecule has 1 N–H and O–H groups in total. The van der Waals surface area contributed by atoms with Gasteiger partial charge in [-0.05, 0) is 104 Å². The highest BCUT2D eigenvalue weighted by atomic mass is 16.3. The zero-order valence-electron chi connectivity index (χ0n) is 20.0. The van der Waals surface area contributed by atoms with Crippen molar-refractivity contribution >= 4 is 0 Å². The Morgan fingerprint density at radius 2 is 1.62 bits per heavy atom. The zero-order chi connectivity index (χ0) is 21.0. The van der Waals surface area contributed by atoms with Crippen LogP contribution in [-0.4, -0.2) is 11.2 Å². The van der Waals surface area contributed by atoms with E-state index in [4.69, 9.17) is 0 Å². The molecule has 9 atom stereocenters. The molecule has 0 amide bonds. The molecule has 1 heteroatoms. The molecule has 3 fully saturated rings. The van der Waals surface area contributed by atoms with Gasteiger partial charge in [0.2, 0.25) is 0 Å². The van der Waals surface area contributed by atoms with Crippen LogP contribution in [0.25, 0.3) is 0 Å². The smallest absolute Gasteiger partial charge is 0.0543 e. The average Bonchev–Trinajstić information content (AvgIpc) is 3.03. The minimum absolute atomic E-state index is 0.0476. The minimum atomic E-state index is -0.0476. The lowest BCUT2D eigenvalue weighted by atomic mass is 9.47. The number of hydrogen-bond acceptors (Lipinski definition) is 1. The van der Waals surface area contributed by atoms with E-state index < -0.39 is 0 Å². The summed E-state index contributed by atoms with van der Waals surface area (Å²) < 4.78 is 0. The Labute approximate surface area is 180 Å². The van der Waals surface area contributed by atoms with Gasteiger partial charge in [0.15, 0.2) is 0 Å². The number of allylic oxidation sites excluding steroid dienone is 4. The topological polar surface area (TPSA) is 20.2 Å². The summed E-state index contributed by atoms with van der Waals surface area (Å²) in [5, 5.41) is 10.2. The Kier molecular flexibility index (Phi) is 5.86. The molecule has 0 heterocycles. The van der Waals surface area contributed by atoms with E-state index in [2.05, 4.69) is 59.8 Å². The monoisotopic (exact) mass is 398 g/mol. The first-order valence-corrected chi connectivity index (χ1v) is 12.7. The van der Waals surface area contributed by atoms with Gasteiger partial charge >= 0.3 is 0 Å². The zero-order valence-corrected chi connectivity index (χ0v) is 20.0. The second-order valence-corrected chi connectivity index (χ2v) is 12.3. The third-order valence-corrected chi connectivity index (χ3v) is 10.5. The van der Waals surface area contributed by atoms with Crippen LogP contribution < -0.4 is 0 Å². The van der Waals surface area contributed by atoms with Crippen molar-refractivity contribution in [3.8, 4) is 0 Å². The molecule has 0 radical (unpaired) electrons. The number of fused-ring (bicyclic) bond motifs is 5. The van der Waals surface area contributed by atoms with Crippen LogP contribution >= 0.6 is 0 Å². The van der Waals surface area contributed by atoms with Gasteiger partial charge in [-0.3, -0.25) is 0 Å². The molecule has 3 saturated carbocycles. The molecule has 0 aromatic rings. The van der Waals surface area contributed by atoms with E-state index in [1.54, 1.807) is 0 Å². The molecule has 4 aliphatic carbocycles. The molecule has 4 aliphatic rings. The number of aliphatic hydroxyl groups excluding tert-OH is 1. The van der Waals surface area contributed by atoms with Crippen LogP contribution in [0.5, 0.6) is 0 Å². The molecule has 29 heavy (non-hydrogen) atoms. The molecule has 4 rings (SSSR count). The Balaban J connectivity index is 1.54. The van der Waals surface area contributed by atoms with Gasteiger partial charge in [0.1, 0.15) is 0 Å². The summed E-state index contributed by atoms with van der Waals surface area (Å²) in [4.78, 5) is 0. The van der Waals surface area contributed by atoms with Crippen molar-refractivity contribution in [1.29, 1.82) is 0 Å². The summed E-state index contributed by atoms with van der Waals surface area (Å²) in [5.41, 5.74) is 2.79. The van der Waals surface area contributed by atoms with Gasteiger partial charge in [-0.15, -0.1) is 0 Å². The summed E-state index contributed by atoms with van der Waals surface area (Å²) in [5.74, 6) is 5.25. The molecule has 164 valence electrons. The molecular formula is C28H46O. The molecule has 0 aromatic carbocycles. The normalized spacial score (nSPS) is 46.8. The highest BCUT2D eigenvalue weighted by molar-refractivity contribution is 5.28. The van der Waals surface area contributed by atoms with E-state index in [1.165, 1.54) is 38.5 Å². The largest absolute Gasteiger partial charge is 0.393 e. The summed E-state index contributed by atoms with van der Waals surface area (Å²) in [6.07, 6.45) is 17.8. The van der Waals surface area contributed by atoms with E-state index in [9.17, 15) is 5.11 Å². The van der Waals surface area contributed by atoms with Gasteiger partial charge in [0, 0.05) is 0 Å². The van der Waals surface area contributed by atoms with Crippen molar-refractivity contribution in [2.75, 3.05) is 0 Å². The maximum absolute atomic E-state index is 10.2. The third kappa shape index (κ3) is 3.58. The van der Waals surface area contributed by atoms with Crippen LogP contribution in [0.15, 0.2) is 23.8 Å². The maximum Gasteiger partial charge on any atom is 0.0543 e. The van der Waals surface area contributed by atoms with Gasteiger partial charge in [0.05, 0.1) is 6.10 Å². The first-order valence-electron chi connectivity index (χ1n) is 12.7. The van der Waals surface area contributed by atoms with Gasteiger partial charge in [-0.2, -0.15) is 0 Å². The third-order valence-electron chi connectivity index (χ3n) is 10.5. The molecule has 0 saturated heterocycles. The van der Waals surface area contributed by atoms with Crippen LogP contribution in [-0.2, 0) is 0 Å². The van der Waals surface area contributed by atoms with Crippen LogP contribution in [0, 0.1) is 52.3 Å². The summed E-state index contributed by atoms with van der Waals surface area (Å²) in [6.45, 7) is 14.7. The second kappa shape index (κ2) is 7.85. The number of rotatable bonds is 4. The number of aliphatic hydroxyl groups is 1. The SMILES string of the molecule is CC(C)C(C)/C=C/C(C)[C@H]1CC[C@H]2C3=CC[C@H]4C[C@@H](O)CC[C@]4(C)[C@H]3CC[C@]12C. The second-order valence-electron chi connectivity index (χ2n) is 12.3. The fraction of sp³-hybridized carbons (Fsp3) is 0.857. The lowest BCUT2D eigenvalue weighted by molar-refractivity contribution is -0.0414. The van der Waals surface area contributed by atoms with Crippen molar-refractivity contribution in [2.24, 2.45) is 52.3 Å². The maximum atomic E-state index is 10.2. The molecule has 0 bridgehead atoms. The molecule has 0 aromatic heterocycles. The van der Waals surface area contributed by atoms with Crippen molar-refractivity contribution in [1.82, 2.24) is 0 Å². The molecule has 0 spiro atoms. The van der Waals surface area contributed by atoms with Crippen LogP contribution in [0.1, 0.15) is 92.9 Å². The minimum Gasteiger partial charge on any atom is -0.393 e. The van der Waals surface area contributed by atoms with E-state index in [0.29, 0.717) is 28.6 Å². The predicted octanol–water partition coefficient (Wildman–Crippen LogP) is 7.41. The number of hydrogen-bond donors (Lipinski definition) is 1. The first-order chi connectivity index (χ1) is 13.7. The molecule has 2 unspecified atom stereocenters. The van der Waals surface area contributed by atoms with Crippen molar-refractivity contribution < 1.29 is 5.11 Å². The summed E-state index contributed by atoms with van der Waals surface area (Å²) >= 11 is 0. The van der Waals surface area contributed by atoms with Crippen LogP contribution in [0.3, 0.4) is 0 Å². The molecule has 0 aliphatic heterocycles. The summed E-state index contributed by atoms with van der Waals surface area (Å²) in [6, 6.07) is 0. The highest BCUT2D eigenvalue weighted by Crippen LogP contribution is 2.66. The Bertz CT molecular complexity index is 659. The Hall–Kier alpha value is -0.560. The van der Waals surface area contributed by atoms with E-state index >= 15 is 0 Å². The van der Waals surface area contributed by atoms with Crippen molar-refractivity contribution in [3.05, 3.63) is 23.8 Å². The lowest BCUT2D eigenvalue weighted by Crippen LogP contribution is -2.49. The quantitative estimate of drug-likeness (QED) is 0.489. The first kappa shape index (κ1) is 21.7. The standard InChI is InChI=1S/C28H46O/c1-18(2)19(3)7-8-20(4)24-11-12-25-23-10-9-21-17-22(29)13-15-27(21,5)26(23)14-16-28(24,25)6/h7-8,10,18-22,24-26,29H,9,11-17H2,1-6H3/b8-7+/t19?,20?,21-,22-,24+,25-,26-,27-,28+/m0/s1. The molecular weight excluding hydrogens is 352 g/mol. The Morgan fingerprint density at radius 3 is 2.34 bits per heavy atom. The predicted molar refractivity (Wildman–Crippen MR) is 124 cm³/mol. The van der Waals surface area contributed by atoms with Gasteiger partial charge in [0.25, 0.3) is 0 Å². The van der Waals surface area contributed by atoms with Gasteiger partial charge in [-0.1, -0.05) is 65.3 Å². The van der Waals surface area contributed by atoms with E-state index in [-0.39, 0.29) is 6.10 Å². The highest BCUT2D eigenvalue weighted by Gasteiger charge is 2.57. The van der Waals surface area contributed by atoms with Crippen molar-refractivity contribution in [2.45, 2.75) is 99.0 Å². The summed E-state index contributed by atoms with van der Waals surface area (Å²) in [7, 11) is 0. The molecule has 1 nitrogen and oxygen atoms in total. The van der Waals surface area contributed by atoms with Crippen LogP contribution in [0.2, 0.25) is 0 Å². The fourth-order valence-corrected chi connectivity index (χ4v) is 8.10.